The minimum atomic E-state index is -0.763. The number of pyridine rings is 1. The quantitative estimate of drug-likeness (QED) is 0.497. The molecule has 3 atom stereocenters. The van der Waals surface area contributed by atoms with Gasteiger partial charge in [0.2, 0.25) is 11.8 Å². The number of nitrogens with zero attached hydrogens (tertiary/aromatic N) is 1. The number of anilines is 1. The molecule has 1 aromatic heterocycles. The average Bonchev–Trinajstić information content (AvgIpc) is 2.72. The van der Waals surface area contributed by atoms with Crippen molar-refractivity contribution in [3.05, 3.63) is 58.7 Å². The number of hydrogen-bond donors (Lipinski definition) is 4. The zero-order valence-electron chi connectivity index (χ0n) is 16.7. The maximum atomic E-state index is 12.8. The van der Waals surface area contributed by atoms with Gasteiger partial charge in [-0.1, -0.05) is 50.1 Å². The van der Waals surface area contributed by atoms with E-state index in [1.54, 1.807) is 30.5 Å². The molecule has 7 nitrogen and oxygen atoms in total. The Bertz CT molecular complexity index is 811. The molecule has 0 saturated heterocycles. The van der Waals surface area contributed by atoms with Gasteiger partial charge in [0, 0.05) is 24.2 Å². The summed E-state index contributed by atoms with van der Waals surface area (Å²) in [6.07, 6.45) is 2.69. The van der Waals surface area contributed by atoms with Crippen LogP contribution in [0.4, 0.5) is 5.82 Å². The minimum absolute atomic E-state index is 0.00935. The molecular weight excluding hydrogens is 390 g/mol. The second-order valence-electron chi connectivity index (χ2n) is 7.11. The van der Waals surface area contributed by atoms with Gasteiger partial charge in [0.1, 0.15) is 11.9 Å². The van der Waals surface area contributed by atoms with Crippen LogP contribution in [0.2, 0.25) is 5.02 Å². The van der Waals surface area contributed by atoms with Crippen LogP contribution in [0.5, 0.6) is 0 Å². The van der Waals surface area contributed by atoms with Gasteiger partial charge in [-0.25, -0.2) is 4.98 Å². The van der Waals surface area contributed by atoms with Gasteiger partial charge in [-0.15, -0.1) is 0 Å². The molecule has 29 heavy (non-hydrogen) atoms. The SMILES string of the molecule is CCC(C)[C@@H](N)C(=O)N[C@@H](Cc1ccc(Cl)cc1)C(=O)NCc1ccc(N)nc1. The zero-order valence-corrected chi connectivity index (χ0v) is 17.4. The van der Waals surface area contributed by atoms with E-state index in [4.69, 9.17) is 23.1 Å². The number of carbonyl (C=O) groups excluding carboxylic acids is 2. The van der Waals surface area contributed by atoms with Gasteiger partial charge in [-0.3, -0.25) is 9.59 Å². The number of amides is 2. The number of aromatic nitrogens is 1. The number of nitrogen functional groups attached to an aromatic ring is 1. The number of rotatable bonds is 9. The van der Waals surface area contributed by atoms with E-state index < -0.39 is 12.1 Å². The summed E-state index contributed by atoms with van der Waals surface area (Å²) in [5, 5.41) is 6.24. The molecular formula is C21H28ClN5O2. The third-order valence-electron chi connectivity index (χ3n) is 4.86. The van der Waals surface area contributed by atoms with E-state index in [1.165, 1.54) is 0 Å². The molecule has 0 aliphatic carbocycles. The first kappa shape index (κ1) is 22.6. The second kappa shape index (κ2) is 10.8. The van der Waals surface area contributed by atoms with E-state index in [-0.39, 0.29) is 24.3 Å². The van der Waals surface area contributed by atoms with Crippen LogP contribution in [0.1, 0.15) is 31.4 Å². The zero-order chi connectivity index (χ0) is 21.4. The highest BCUT2D eigenvalue weighted by Gasteiger charge is 2.26. The van der Waals surface area contributed by atoms with Gasteiger partial charge in [0.15, 0.2) is 0 Å². The van der Waals surface area contributed by atoms with Crippen LogP contribution in [-0.2, 0) is 22.6 Å². The highest BCUT2D eigenvalue weighted by Crippen LogP contribution is 2.12. The first-order chi connectivity index (χ1) is 13.8. The summed E-state index contributed by atoms with van der Waals surface area (Å²) in [6, 6.07) is 9.16. The normalized spacial score (nSPS) is 13.9. The summed E-state index contributed by atoms with van der Waals surface area (Å²) in [6.45, 7) is 4.15. The standard InChI is InChI=1S/C21H28ClN5O2/c1-3-13(2)19(24)21(29)27-17(10-14-4-7-16(22)8-5-14)20(28)26-12-15-6-9-18(23)25-11-15/h4-9,11,13,17,19H,3,10,12,24H2,1-2H3,(H2,23,25)(H,26,28)(H,27,29)/t13?,17-,19+/m0/s1. The van der Waals surface area contributed by atoms with Crippen molar-refractivity contribution < 1.29 is 9.59 Å². The molecule has 156 valence electrons. The monoisotopic (exact) mass is 417 g/mol. The molecule has 0 bridgehead atoms. The van der Waals surface area contributed by atoms with Gasteiger partial charge in [0.05, 0.1) is 6.04 Å². The fourth-order valence-corrected chi connectivity index (χ4v) is 2.82. The Labute approximate surface area is 176 Å². The largest absolute Gasteiger partial charge is 0.384 e. The predicted molar refractivity (Wildman–Crippen MR) is 115 cm³/mol. The topological polar surface area (TPSA) is 123 Å². The molecule has 0 saturated carbocycles. The molecule has 8 heteroatoms. The lowest BCUT2D eigenvalue weighted by atomic mass is 9.98. The van der Waals surface area contributed by atoms with Gasteiger partial charge in [-0.05, 0) is 35.2 Å². The van der Waals surface area contributed by atoms with Crippen molar-refractivity contribution in [3.8, 4) is 0 Å². The van der Waals surface area contributed by atoms with Crippen molar-refractivity contribution in [1.29, 1.82) is 0 Å². The van der Waals surface area contributed by atoms with Crippen LogP contribution in [0.15, 0.2) is 42.6 Å². The highest BCUT2D eigenvalue weighted by molar-refractivity contribution is 6.30. The summed E-state index contributed by atoms with van der Waals surface area (Å²) in [7, 11) is 0. The van der Waals surface area contributed by atoms with E-state index in [2.05, 4.69) is 15.6 Å². The number of hydrogen-bond acceptors (Lipinski definition) is 5. The highest BCUT2D eigenvalue weighted by atomic mass is 35.5. The fourth-order valence-electron chi connectivity index (χ4n) is 2.70. The van der Waals surface area contributed by atoms with E-state index in [0.29, 0.717) is 17.3 Å². The molecule has 0 radical (unpaired) electrons. The van der Waals surface area contributed by atoms with Crippen molar-refractivity contribution in [2.24, 2.45) is 11.7 Å². The molecule has 2 rings (SSSR count). The van der Waals surface area contributed by atoms with Crippen LogP contribution in [0.25, 0.3) is 0 Å². The molecule has 6 N–H and O–H groups in total. The lowest BCUT2D eigenvalue weighted by Gasteiger charge is -2.23. The van der Waals surface area contributed by atoms with E-state index in [0.717, 1.165) is 17.5 Å². The Kier molecular flexibility index (Phi) is 8.42. The lowest BCUT2D eigenvalue weighted by molar-refractivity contribution is -0.130. The lowest BCUT2D eigenvalue weighted by Crippen LogP contribution is -2.53. The number of halogens is 1. The molecule has 2 aromatic rings. The molecule has 0 aliphatic rings. The molecule has 0 fully saturated rings. The Morgan fingerprint density at radius 1 is 1.10 bits per heavy atom. The third kappa shape index (κ3) is 7.03. The average molecular weight is 418 g/mol. The first-order valence-electron chi connectivity index (χ1n) is 9.58. The van der Waals surface area contributed by atoms with Crippen LogP contribution >= 0.6 is 11.6 Å². The van der Waals surface area contributed by atoms with Crippen molar-refractivity contribution in [2.75, 3.05) is 5.73 Å². The van der Waals surface area contributed by atoms with Crippen molar-refractivity contribution >= 4 is 29.2 Å². The number of nitrogens with one attached hydrogen (secondary N) is 2. The second-order valence-corrected chi connectivity index (χ2v) is 7.55. The number of benzene rings is 1. The summed E-state index contributed by atoms with van der Waals surface area (Å²) >= 11 is 5.94. The fraction of sp³-hybridized carbons (Fsp3) is 0.381. The van der Waals surface area contributed by atoms with Gasteiger partial charge < -0.3 is 22.1 Å². The third-order valence-corrected chi connectivity index (χ3v) is 5.11. The van der Waals surface area contributed by atoms with Crippen LogP contribution in [0, 0.1) is 5.92 Å². The van der Waals surface area contributed by atoms with Crippen molar-refractivity contribution in [1.82, 2.24) is 15.6 Å². The molecule has 0 spiro atoms. The summed E-state index contributed by atoms with van der Waals surface area (Å²) in [4.78, 5) is 29.4. The van der Waals surface area contributed by atoms with Crippen molar-refractivity contribution in [3.63, 3.8) is 0 Å². The van der Waals surface area contributed by atoms with Crippen LogP contribution in [0.3, 0.4) is 0 Å². The van der Waals surface area contributed by atoms with Gasteiger partial charge in [-0.2, -0.15) is 0 Å². The van der Waals surface area contributed by atoms with Crippen LogP contribution < -0.4 is 22.1 Å². The molecule has 2 amide bonds. The van der Waals surface area contributed by atoms with E-state index in [9.17, 15) is 9.59 Å². The Balaban J connectivity index is 2.09. The van der Waals surface area contributed by atoms with Gasteiger partial charge >= 0.3 is 0 Å². The number of carbonyl (C=O) groups is 2. The predicted octanol–water partition coefficient (Wildman–Crippen LogP) is 2.03. The smallest absolute Gasteiger partial charge is 0.243 e. The van der Waals surface area contributed by atoms with E-state index in [1.807, 2.05) is 26.0 Å². The molecule has 0 aliphatic heterocycles. The summed E-state index contributed by atoms with van der Waals surface area (Å²) in [5.74, 6) is -0.230. The minimum Gasteiger partial charge on any atom is -0.384 e. The Morgan fingerprint density at radius 2 is 1.76 bits per heavy atom. The first-order valence-corrected chi connectivity index (χ1v) is 9.96. The summed E-state index contributed by atoms with van der Waals surface area (Å²) in [5.41, 5.74) is 13.3. The molecule has 1 unspecified atom stereocenters. The molecule has 1 heterocycles. The maximum absolute atomic E-state index is 12.8. The van der Waals surface area contributed by atoms with E-state index >= 15 is 0 Å². The number of nitrogens with two attached hydrogens (primary N) is 2. The van der Waals surface area contributed by atoms with Crippen LogP contribution in [-0.4, -0.2) is 28.9 Å². The Hall–Kier alpha value is -2.64. The van der Waals surface area contributed by atoms with Gasteiger partial charge in [0.25, 0.3) is 0 Å². The Morgan fingerprint density at radius 3 is 2.34 bits per heavy atom. The molecule has 1 aromatic carbocycles. The van der Waals surface area contributed by atoms with Crippen molar-refractivity contribution in [2.45, 2.75) is 45.3 Å². The maximum Gasteiger partial charge on any atom is 0.243 e. The summed E-state index contributed by atoms with van der Waals surface area (Å²) < 4.78 is 0.